The van der Waals surface area contributed by atoms with E-state index in [1.807, 2.05) is 0 Å². The Bertz CT molecular complexity index is 430. The summed E-state index contributed by atoms with van der Waals surface area (Å²) < 4.78 is 11.0. The minimum absolute atomic E-state index is 0.428. The van der Waals surface area contributed by atoms with E-state index in [0.29, 0.717) is 12.0 Å². The second kappa shape index (κ2) is 7.81. The van der Waals surface area contributed by atoms with E-state index in [1.165, 1.54) is 16.7 Å². The molecule has 1 aliphatic heterocycles. The fraction of sp³-hybridized carbons (Fsp3) is 0.667. The van der Waals surface area contributed by atoms with Gasteiger partial charge in [0.05, 0.1) is 7.11 Å². The van der Waals surface area contributed by atoms with E-state index in [-0.39, 0.29) is 0 Å². The van der Waals surface area contributed by atoms with E-state index < -0.39 is 0 Å². The van der Waals surface area contributed by atoms with Crippen molar-refractivity contribution in [2.45, 2.75) is 46.1 Å². The number of hydrogen-bond donors (Lipinski definition) is 1. The molecule has 1 heterocycles. The largest absolute Gasteiger partial charge is 0.496 e. The van der Waals surface area contributed by atoms with Crippen LogP contribution in [0.3, 0.4) is 0 Å². The summed E-state index contributed by atoms with van der Waals surface area (Å²) in [6.45, 7) is 9.34. The molecule has 0 radical (unpaired) electrons. The summed E-state index contributed by atoms with van der Waals surface area (Å²) in [4.78, 5) is 0. The molecule has 1 atom stereocenters. The van der Waals surface area contributed by atoms with E-state index >= 15 is 0 Å². The van der Waals surface area contributed by atoms with Crippen LogP contribution in [0, 0.1) is 19.8 Å². The average molecular weight is 291 g/mol. The third-order valence-corrected chi connectivity index (χ3v) is 4.40. The lowest BCUT2D eigenvalue weighted by atomic mass is 9.85. The second-order valence-electron chi connectivity index (χ2n) is 6.07. The molecule has 0 amide bonds. The van der Waals surface area contributed by atoms with Gasteiger partial charge in [-0.1, -0.05) is 19.1 Å². The Labute approximate surface area is 129 Å². The smallest absolute Gasteiger partial charge is 0.124 e. The van der Waals surface area contributed by atoms with Gasteiger partial charge in [-0.3, -0.25) is 0 Å². The number of hydrogen-bond acceptors (Lipinski definition) is 3. The number of ether oxygens (including phenoxy) is 2. The molecule has 1 aromatic carbocycles. The van der Waals surface area contributed by atoms with Crippen molar-refractivity contribution in [3.05, 3.63) is 28.8 Å². The van der Waals surface area contributed by atoms with Crippen LogP contribution in [-0.2, 0) is 4.74 Å². The maximum Gasteiger partial charge on any atom is 0.124 e. The summed E-state index contributed by atoms with van der Waals surface area (Å²) in [5.41, 5.74) is 3.84. The summed E-state index contributed by atoms with van der Waals surface area (Å²) in [6.07, 6.45) is 3.45. The highest BCUT2D eigenvalue weighted by Crippen LogP contribution is 2.34. The van der Waals surface area contributed by atoms with Crippen LogP contribution in [-0.4, -0.2) is 26.9 Å². The molecule has 21 heavy (non-hydrogen) atoms. The van der Waals surface area contributed by atoms with Crippen molar-refractivity contribution in [3.8, 4) is 5.75 Å². The number of methoxy groups -OCH3 is 1. The highest BCUT2D eigenvalue weighted by molar-refractivity contribution is 5.44. The third-order valence-electron chi connectivity index (χ3n) is 4.40. The lowest BCUT2D eigenvalue weighted by molar-refractivity contribution is 0.0536. The van der Waals surface area contributed by atoms with Crippen LogP contribution in [0.1, 0.15) is 48.9 Å². The van der Waals surface area contributed by atoms with Gasteiger partial charge in [-0.2, -0.15) is 0 Å². The maximum absolute atomic E-state index is 5.53. The first-order valence-electron chi connectivity index (χ1n) is 8.13. The molecule has 0 aromatic heterocycles. The standard InChI is InChI=1S/C18H29NO2/c1-5-8-19-17(15-6-9-21-10-7-15)16-11-13(2)18(20-4)14(3)12-16/h11-12,15,17,19H,5-10H2,1-4H3. The first-order chi connectivity index (χ1) is 10.2. The maximum atomic E-state index is 5.53. The molecule has 0 spiro atoms. The molecule has 0 saturated carbocycles. The molecule has 1 saturated heterocycles. The highest BCUT2D eigenvalue weighted by atomic mass is 16.5. The minimum Gasteiger partial charge on any atom is -0.496 e. The van der Waals surface area contributed by atoms with Crippen LogP contribution in [0.15, 0.2) is 12.1 Å². The van der Waals surface area contributed by atoms with E-state index in [9.17, 15) is 0 Å². The fourth-order valence-corrected chi connectivity index (χ4v) is 3.39. The third kappa shape index (κ3) is 3.98. The van der Waals surface area contributed by atoms with Crippen molar-refractivity contribution in [3.63, 3.8) is 0 Å². The number of benzene rings is 1. The monoisotopic (exact) mass is 291 g/mol. The zero-order valence-electron chi connectivity index (χ0n) is 13.9. The van der Waals surface area contributed by atoms with Gasteiger partial charge in [0.25, 0.3) is 0 Å². The fourth-order valence-electron chi connectivity index (χ4n) is 3.39. The molecular formula is C18H29NO2. The van der Waals surface area contributed by atoms with Gasteiger partial charge in [0.1, 0.15) is 5.75 Å². The van der Waals surface area contributed by atoms with Crippen molar-refractivity contribution in [1.82, 2.24) is 5.32 Å². The van der Waals surface area contributed by atoms with E-state index in [1.54, 1.807) is 7.11 Å². The van der Waals surface area contributed by atoms with Crippen molar-refractivity contribution in [2.75, 3.05) is 26.9 Å². The van der Waals surface area contributed by atoms with E-state index in [0.717, 1.165) is 44.8 Å². The molecule has 1 aliphatic rings. The van der Waals surface area contributed by atoms with Gasteiger partial charge in [0.15, 0.2) is 0 Å². The van der Waals surface area contributed by atoms with Crippen molar-refractivity contribution < 1.29 is 9.47 Å². The Morgan fingerprint density at radius 2 is 1.86 bits per heavy atom. The summed E-state index contributed by atoms with van der Waals surface area (Å²) in [5, 5.41) is 3.75. The summed E-state index contributed by atoms with van der Waals surface area (Å²) in [7, 11) is 1.75. The van der Waals surface area contributed by atoms with E-state index in [4.69, 9.17) is 9.47 Å². The van der Waals surface area contributed by atoms with Gasteiger partial charge >= 0.3 is 0 Å². The molecule has 3 heteroatoms. The van der Waals surface area contributed by atoms with Crippen LogP contribution in [0.2, 0.25) is 0 Å². The molecule has 2 rings (SSSR count). The first kappa shape index (κ1) is 16.3. The van der Waals surface area contributed by atoms with Gasteiger partial charge < -0.3 is 14.8 Å². The first-order valence-corrected chi connectivity index (χ1v) is 8.13. The van der Waals surface area contributed by atoms with Crippen LogP contribution < -0.4 is 10.1 Å². The lowest BCUT2D eigenvalue weighted by Gasteiger charge is -2.32. The quantitative estimate of drug-likeness (QED) is 0.865. The Balaban J connectivity index is 2.26. The summed E-state index contributed by atoms with van der Waals surface area (Å²) in [5.74, 6) is 1.68. The molecule has 1 aromatic rings. The second-order valence-corrected chi connectivity index (χ2v) is 6.07. The number of nitrogens with one attached hydrogen (secondary N) is 1. The Morgan fingerprint density at radius 1 is 1.24 bits per heavy atom. The SMILES string of the molecule is CCCNC(c1cc(C)c(OC)c(C)c1)C1CCOCC1. The Kier molecular flexibility index (Phi) is 6.07. The van der Waals surface area contributed by atoms with Crippen molar-refractivity contribution in [1.29, 1.82) is 0 Å². The van der Waals surface area contributed by atoms with Gasteiger partial charge in [0.2, 0.25) is 0 Å². The Hall–Kier alpha value is -1.06. The van der Waals surface area contributed by atoms with Crippen molar-refractivity contribution >= 4 is 0 Å². The topological polar surface area (TPSA) is 30.5 Å². The molecule has 0 bridgehead atoms. The molecule has 1 N–H and O–H groups in total. The highest BCUT2D eigenvalue weighted by Gasteiger charge is 2.25. The number of aryl methyl sites for hydroxylation is 2. The normalized spacial score (nSPS) is 17.7. The number of rotatable bonds is 6. The molecule has 0 aliphatic carbocycles. The summed E-state index contributed by atoms with van der Waals surface area (Å²) >= 11 is 0. The van der Waals surface area contributed by atoms with Gasteiger partial charge in [-0.25, -0.2) is 0 Å². The lowest BCUT2D eigenvalue weighted by Crippen LogP contribution is -2.32. The molecule has 1 fully saturated rings. The van der Waals surface area contributed by atoms with Gasteiger partial charge in [-0.05, 0) is 62.3 Å². The molecular weight excluding hydrogens is 262 g/mol. The van der Waals surface area contributed by atoms with Gasteiger partial charge in [0, 0.05) is 19.3 Å². The zero-order chi connectivity index (χ0) is 15.2. The Morgan fingerprint density at radius 3 is 2.38 bits per heavy atom. The average Bonchev–Trinajstić information content (AvgIpc) is 2.48. The predicted molar refractivity (Wildman–Crippen MR) is 87.0 cm³/mol. The van der Waals surface area contributed by atoms with Gasteiger partial charge in [-0.15, -0.1) is 0 Å². The van der Waals surface area contributed by atoms with Crippen LogP contribution in [0.4, 0.5) is 0 Å². The molecule has 1 unspecified atom stereocenters. The summed E-state index contributed by atoms with van der Waals surface area (Å²) in [6, 6.07) is 5.00. The molecule has 3 nitrogen and oxygen atoms in total. The molecule has 118 valence electrons. The van der Waals surface area contributed by atoms with Crippen LogP contribution in [0.25, 0.3) is 0 Å². The van der Waals surface area contributed by atoms with Crippen LogP contribution >= 0.6 is 0 Å². The van der Waals surface area contributed by atoms with Crippen molar-refractivity contribution in [2.24, 2.45) is 5.92 Å². The minimum atomic E-state index is 0.428. The van der Waals surface area contributed by atoms with E-state index in [2.05, 4.69) is 38.2 Å². The predicted octanol–water partition coefficient (Wildman–Crippen LogP) is 3.78. The zero-order valence-corrected chi connectivity index (χ0v) is 13.9. The van der Waals surface area contributed by atoms with Crippen LogP contribution in [0.5, 0.6) is 5.75 Å².